The third-order valence-electron chi connectivity index (χ3n) is 6.72. The second kappa shape index (κ2) is 11.8. The Labute approximate surface area is 220 Å². The Morgan fingerprint density at radius 3 is 2.47 bits per heavy atom. The van der Waals surface area contributed by atoms with Crippen molar-refractivity contribution >= 4 is 28.2 Å². The molecule has 12 heteroatoms. The van der Waals surface area contributed by atoms with Crippen molar-refractivity contribution in [2.24, 2.45) is 0 Å². The number of nitrogens with two attached hydrogens (primary N) is 1. The van der Waals surface area contributed by atoms with Crippen LogP contribution in [0, 0.1) is 11.6 Å². The molecule has 4 N–H and O–H groups in total. The molecule has 2 atom stereocenters. The summed E-state index contributed by atoms with van der Waals surface area (Å²) in [6, 6.07) is 2.17. The molecule has 4 aromatic rings. The summed E-state index contributed by atoms with van der Waals surface area (Å²) in [5, 5.41) is 28.5. The third kappa shape index (κ3) is 5.18. The number of nitrogens with zero attached hydrogens (tertiary/aromatic N) is 7. The van der Waals surface area contributed by atoms with E-state index in [0.717, 1.165) is 24.6 Å². The number of hydrogen-bond acceptors (Lipinski definition) is 8. The number of halogens is 2. The van der Waals surface area contributed by atoms with Gasteiger partial charge in [0.1, 0.15) is 16.9 Å². The van der Waals surface area contributed by atoms with E-state index in [1.54, 1.807) is 17.8 Å². The summed E-state index contributed by atoms with van der Waals surface area (Å²) in [5.74, 6) is -1.10. The summed E-state index contributed by atoms with van der Waals surface area (Å²) < 4.78 is 31.1. The Balaban J connectivity index is 0.000000956. The quantitative estimate of drug-likeness (QED) is 0.334. The van der Waals surface area contributed by atoms with Crippen molar-refractivity contribution in [3.63, 3.8) is 0 Å². The molecule has 10 nitrogen and oxygen atoms in total. The standard InChI is InChI=1S/C22H26F2N8O2.C2H6.C2H4/c1-12-3-4-13(8-30(12)15-7-26-31(9-15)22(2,10-33)11-34)19-28-20-16-5-14(23)6-17(24)18(16)27-21(25)32(20)29-19;2*1-2/h5-7,9,12-13,33-34H,3-4,8,10-11H2,1-2H3,(H2,25,27);1-2H3;1-2H2. The fourth-order valence-corrected chi connectivity index (χ4v) is 4.48. The van der Waals surface area contributed by atoms with Crippen LogP contribution in [0.2, 0.25) is 0 Å². The van der Waals surface area contributed by atoms with Crippen molar-refractivity contribution in [3.8, 4) is 0 Å². The largest absolute Gasteiger partial charge is 0.394 e. The van der Waals surface area contributed by atoms with Crippen LogP contribution < -0.4 is 10.6 Å². The minimum Gasteiger partial charge on any atom is -0.394 e. The monoisotopic (exact) mass is 530 g/mol. The number of aliphatic hydroxyl groups is 2. The highest BCUT2D eigenvalue weighted by molar-refractivity contribution is 5.92. The summed E-state index contributed by atoms with van der Waals surface area (Å²) in [7, 11) is 0. The molecule has 2 unspecified atom stereocenters. The highest BCUT2D eigenvalue weighted by atomic mass is 19.1. The maximum Gasteiger partial charge on any atom is 0.223 e. The maximum atomic E-state index is 14.3. The summed E-state index contributed by atoms with van der Waals surface area (Å²) in [6.07, 6.45) is 5.20. The molecule has 5 rings (SSSR count). The molecule has 0 radical (unpaired) electrons. The van der Waals surface area contributed by atoms with E-state index in [4.69, 9.17) is 5.73 Å². The number of fused-ring (bicyclic) bond motifs is 3. The topological polar surface area (TPSA) is 131 Å². The Morgan fingerprint density at radius 2 is 1.82 bits per heavy atom. The van der Waals surface area contributed by atoms with Crippen molar-refractivity contribution in [2.45, 2.75) is 58.0 Å². The minimum atomic E-state index is -0.907. The fourth-order valence-electron chi connectivity index (χ4n) is 4.48. The first-order valence-corrected chi connectivity index (χ1v) is 12.6. The summed E-state index contributed by atoms with van der Waals surface area (Å²) >= 11 is 0. The number of anilines is 2. The van der Waals surface area contributed by atoms with E-state index in [0.29, 0.717) is 12.4 Å². The van der Waals surface area contributed by atoms with E-state index in [-0.39, 0.29) is 47.7 Å². The van der Waals surface area contributed by atoms with Gasteiger partial charge in [-0.15, -0.1) is 18.3 Å². The lowest BCUT2D eigenvalue weighted by Gasteiger charge is -2.38. The average Bonchev–Trinajstić information content (AvgIpc) is 3.61. The Hall–Kier alpha value is -3.64. The van der Waals surface area contributed by atoms with Gasteiger partial charge in [-0.3, -0.25) is 4.68 Å². The van der Waals surface area contributed by atoms with E-state index in [2.05, 4.69) is 45.1 Å². The van der Waals surface area contributed by atoms with E-state index in [1.165, 1.54) is 10.6 Å². The molecule has 38 heavy (non-hydrogen) atoms. The molecule has 0 spiro atoms. The second-order valence-electron chi connectivity index (χ2n) is 9.19. The first kappa shape index (κ1) is 28.9. The van der Waals surface area contributed by atoms with Gasteiger partial charge >= 0.3 is 0 Å². The highest BCUT2D eigenvalue weighted by Crippen LogP contribution is 2.34. The van der Waals surface area contributed by atoms with Gasteiger partial charge in [0.15, 0.2) is 17.3 Å². The summed E-state index contributed by atoms with van der Waals surface area (Å²) in [5.41, 5.74) is 6.17. The van der Waals surface area contributed by atoms with Gasteiger partial charge in [-0.2, -0.15) is 9.61 Å². The molecule has 1 fully saturated rings. The van der Waals surface area contributed by atoms with Crippen LogP contribution >= 0.6 is 0 Å². The van der Waals surface area contributed by atoms with Crippen molar-refractivity contribution < 1.29 is 19.0 Å². The smallest absolute Gasteiger partial charge is 0.223 e. The molecule has 4 heterocycles. The molecule has 0 amide bonds. The molecule has 1 aliphatic heterocycles. The summed E-state index contributed by atoms with van der Waals surface area (Å²) in [4.78, 5) is 10.8. The molecular formula is C26H36F2N8O2. The fraction of sp³-hybridized carbons (Fsp3) is 0.462. The van der Waals surface area contributed by atoms with Crippen molar-refractivity contribution in [3.05, 3.63) is 55.1 Å². The lowest BCUT2D eigenvalue weighted by atomic mass is 9.92. The molecule has 1 aliphatic rings. The van der Waals surface area contributed by atoms with Crippen LogP contribution in [0.1, 0.15) is 52.3 Å². The van der Waals surface area contributed by atoms with Crippen LogP contribution in [0.25, 0.3) is 16.6 Å². The molecule has 3 aromatic heterocycles. The van der Waals surface area contributed by atoms with Crippen molar-refractivity contribution in [2.75, 3.05) is 30.4 Å². The van der Waals surface area contributed by atoms with Gasteiger partial charge in [0, 0.05) is 30.8 Å². The minimum absolute atomic E-state index is 0.0265. The van der Waals surface area contributed by atoms with Gasteiger partial charge in [-0.25, -0.2) is 18.7 Å². The number of aromatic nitrogens is 6. The van der Waals surface area contributed by atoms with Crippen LogP contribution in [0.15, 0.2) is 37.7 Å². The molecule has 0 bridgehead atoms. The van der Waals surface area contributed by atoms with Gasteiger partial charge < -0.3 is 20.8 Å². The normalized spacial score (nSPS) is 17.6. The Morgan fingerprint density at radius 1 is 1.13 bits per heavy atom. The molecular weight excluding hydrogens is 494 g/mol. The van der Waals surface area contributed by atoms with Crippen LogP contribution in [-0.4, -0.2) is 65.4 Å². The predicted octanol–water partition coefficient (Wildman–Crippen LogP) is 3.64. The lowest BCUT2D eigenvalue weighted by Crippen LogP contribution is -2.41. The van der Waals surface area contributed by atoms with Crippen molar-refractivity contribution in [1.82, 2.24) is 29.4 Å². The third-order valence-corrected chi connectivity index (χ3v) is 6.72. The average molecular weight is 531 g/mol. The highest BCUT2D eigenvalue weighted by Gasteiger charge is 2.32. The molecule has 1 saturated heterocycles. The zero-order valence-corrected chi connectivity index (χ0v) is 22.3. The van der Waals surface area contributed by atoms with E-state index in [9.17, 15) is 19.0 Å². The Bertz CT molecular complexity index is 1380. The van der Waals surface area contributed by atoms with Gasteiger partial charge in [0.2, 0.25) is 5.95 Å². The molecule has 206 valence electrons. The van der Waals surface area contributed by atoms with Gasteiger partial charge in [-0.1, -0.05) is 13.8 Å². The first-order valence-electron chi connectivity index (χ1n) is 12.6. The number of piperidine rings is 1. The van der Waals surface area contributed by atoms with Crippen LogP contribution in [0.5, 0.6) is 0 Å². The van der Waals surface area contributed by atoms with Gasteiger partial charge in [0.05, 0.1) is 30.5 Å². The van der Waals surface area contributed by atoms with Crippen LogP contribution in [-0.2, 0) is 5.54 Å². The molecule has 0 saturated carbocycles. The number of nitrogen functional groups attached to an aromatic ring is 1. The molecule has 0 aliphatic carbocycles. The predicted molar refractivity (Wildman–Crippen MR) is 144 cm³/mol. The van der Waals surface area contributed by atoms with Crippen LogP contribution in [0.3, 0.4) is 0 Å². The van der Waals surface area contributed by atoms with Gasteiger partial charge in [-0.05, 0) is 32.8 Å². The number of aliphatic hydroxyl groups excluding tert-OH is 2. The first-order chi connectivity index (χ1) is 18.2. The second-order valence-corrected chi connectivity index (χ2v) is 9.19. The summed E-state index contributed by atoms with van der Waals surface area (Å²) in [6.45, 7) is 13.9. The van der Waals surface area contributed by atoms with Crippen molar-refractivity contribution in [1.29, 1.82) is 0 Å². The number of hydrogen-bond donors (Lipinski definition) is 3. The Kier molecular flexibility index (Phi) is 9.00. The lowest BCUT2D eigenvalue weighted by molar-refractivity contribution is 0.0681. The van der Waals surface area contributed by atoms with E-state index < -0.39 is 17.2 Å². The number of rotatable bonds is 5. The zero-order valence-electron chi connectivity index (χ0n) is 22.3. The van der Waals surface area contributed by atoms with E-state index >= 15 is 0 Å². The van der Waals surface area contributed by atoms with Crippen LogP contribution in [0.4, 0.5) is 20.4 Å². The molecule has 1 aromatic carbocycles. The maximum absolute atomic E-state index is 14.3. The van der Waals surface area contributed by atoms with E-state index in [1.807, 2.05) is 20.0 Å². The SMILES string of the molecule is C=C.CC.CC1CCC(c2nc3c4cc(F)cc(F)c4nc(N)n3n2)CN1c1cnn(C(C)(CO)CO)c1. The number of benzene rings is 1. The van der Waals surface area contributed by atoms with Gasteiger partial charge in [0.25, 0.3) is 0 Å². The zero-order chi connectivity index (χ0) is 28.2.